The third-order valence-electron chi connectivity index (χ3n) is 5.12. The number of para-hydroxylation sites is 1. The summed E-state index contributed by atoms with van der Waals surface area (Å²) in [7, 11) is -2.24. The molecule has 0 aliphatic carbocycles. The number of pyridine rings is 2. The minimum Gasteiger partial charge on any atom is -0.495 e. The minimum absolute atomic E-state index is 0.178. The molecule has 3 heterocycles. The number of aryl methyl sites for hydroxylation is 1. The van der Waals surface area contributed by atoms with Gasteiger partial charge in [-0.3, -0.25) is 0 Å². The number of sulfonamides is 1. The summed E-state index contributed by atoms with van der Waals surface area (Å²) in [5.41, 5.74) is 1.62. The Morgan fingerprint density at radius 2 is 1.73 bits per heavy atom. The van der Waals surface area contributed by atoms with Gasteiger partial charge in [-0.15, -0.1) is 0 Å². The molecule has 0 bridgehead atoms. The van der Waals surface area contributed by atoms with Crippen LogP contribution in [-0.4, -0.2) is 36.3 Å². The van der Waals surface area contributed by atoms with Crippen LogP contribution in [0.5, 0.6) is 5.75 Å². The molecular weight excluding hydrogens is 400 g/mol. The van der Waals surface area contributed by atoms with Crippen LogP contribution < -0.4 is 10.1 Å². The first-order valence-corrected chi connectivity index (χ1v) is 11.3. The van der Waals surface area contributed by atoms with Gasteiger partial charge in [0.15, 0.2) is 0 Å². The van der Waals surface area contributed by atoms with E-state index in [2.05, 4.69) is 10.3 Å². The largest absolute Gasteiger partial charge is 0.495 e. The standard InChI is InChI=1S/C22H24N4O3S/c1-16-8-5-13-21(23-16)25-22-14-6-9-17(24-22)18-10-7-15-26(18)30(27,28)20-12-4-3-11-19(20)29-2/h3-6,8-9,11-14,18H,7,10,15H2,1-2H3,(H,23,24,25)/t18-/m0/s1. The molecule has 1 fully saturated rings. The number of aromatic nitrogens is 2. The fourth-order valence-electron chi connectivity index (χ4n) is 3.73. The molecule has 0 radical (unpaired) electrons. The molecule has 1 aliphatic heterocycles. The molecule has 1 aromatic carbocycles. The first kappa shape index (κ1) is 20.3. The van der Waals surface area contributed by atoms with Crippen molar-refractivity contribution in [3.63, 3.8) is 0 Å². The molecule has 1 atom stereocenters. The van der Waals surface area contributed by atoms with Crippen LogP contribution in [0.2, 0.25) is 0 Å². The summed E-state index contributed by atoms with van der Waals surface area (Å²) in [6.07, 6.45) is 1.49. The number of ether oxygens (including phenoxy) is 1. The molecule has 1 aliphatic rings. The normalized spacial score (nSPS) is 17.1. The Hall–Kier alpha value is -2.97. The van der Waals surface area contributed by atoms with E-state index in [9.17, 15) is 8.42 Å². The Morgan fingerprint density at radius 1 is 1.00 bits per heavy atom. The Bertz CT molecular complexity index is 1150. The van der Waals surface area contributed by atoms with Crippen molar-refractivity contribution in [1.82, 2.24) is 14.3 Å². The number of hydrogen-bond donors (Lipinski definition) is 1. The highest BCUT2D eigenvalue weighted by Gasteiger charge is 2.38. The fraction of sp³-hybridized carbons (Fsp3) is 0.273. The molecule has 156 valence electrons. The van der Waals surface area contributed by atoms with Crippen LogP contribution in [0.1, 0.15) is 30.3 Å². The predicted octanol–water partition coefficient (Wildman–Crippen LogP) is 4.06. The van der Waals surface area contributed by atoms with E-state index < -0.39 is 10.0 Å². The fourth-order valence-corrected chi connectivity index (χ4v) is 5.56. The van der Waals surface area contributed by atoms with E-state index in [-0.39, 0.29) is 10.9 Å². The second-order valence-corrected chi connectivity index (χ2v) is 9.02. The summed E-state index contributed by atoms with van der Waals surface area (Å²) in [4.78, 5) is 9.31. The van der Waals surface area contributed by atoms with Crippen LogP contribution in [-0.2, 0) is 10.0 Å². The summed E-state index contributed by atoms with van der Waals surface area (Å²) in [5, 5.41) is 3.20. The van der Waals surface area contributed by atoms with Crippen LogP contribution in [0.15, 0.2) is 65.6 Å². The molecule has 3 aromatic rings. The van der Waals surface area contributed by atoms with Gasteiger partial charge >= 0.3 is 0 Å². The van der Waals surface area contributed by atoms with Crippen LogP contribution in [0.3, 0.4) is 0 Å². The highest BCUT2D eigenvalue weighted by atomic mass is 32.2. The predicted molar refractivity (Wildman–Crippen MR) is 115 cm³/mol. The number of benzene rings is 1. The SMILES string of the molecule is COc1ccccc1S(=O)(=O)N1CCC[C@H]1c1cccc(Nc2cccc(C)n2)n1. The summed E-state index contributed by atoms with van der Waals surface area (Å²) >= 11 is 0. The lowest BCUT2D eigenvalue weighted by atomic mass is 10.1. The zero-order valence-electron chi connectivity index (χ0n) is 16.9. The number of rotatable bonds is 6. The zero-order chi connectivity index (χ0) is 21.1. The van der Waals surface area contributed by atoms with Gasteiger partial charge in [-0.2, -0.15) is 4.31 Å². The topological polar surface area (TPSA) is 84.4 Å². The van der Waals surface area contributed by atoms with Crippen molar-refractivity contribution in [2.45, 2.75) is 30.7 Å². The maximum Gasteiger partial charge on any atom is 0.247 e. The molecule has 1 saturated heterocycles. The van der Waals surface area contributed by atoms with Crippen molar-refractivity contribution in [1.29, 1.82) is 0 Å². The third kappa shape index (κ3) is 4.01. The van der Waals surface area contributed by atoms with Gasteiger partial charge in [-0.1, -0.05) is 24.3 Å². The van der Waals surface area contributed by atoms with Gasteiger partial charge in [0.25, 0.3) is 0 Å². The first-order valence-electron chi connectivity index (χ1n) is 9.81. The van der Waals surface area contributed by atoms with Crippen molar-refractivity contribution in [2.24, 2.45) is 0 Å². The van der Waals surface area contributed by atoms with Crippen LogP contribution in [0, 0.1) is 6.92 Å². The van der Waals surface area contributed by atoms with E-state index in [0.717, 1.165) is 12.1 Å². The van der Waals surface area contributed by atoms with E-state index in [4.69, 9.17) is 9.72 Å². The number of anilines is 2. The van der Waals surface area contributed by atoms with Gasteiger partial charge in [0.05, 0.1) is 18.8 Å². The average Bonchev–Trinajstić information content (AvgIpc) is 3.25. The van der Waals surface area contributed by atoms with Crippen molar-refractivity contribution >= 4 is 21.7 Å². The van der Waals surface area contributed by atoms with Crippen molar-refractivity contribution in [3.05, 3.63) is 72.1 Å². The van der Waals surface area contributed by atoms with Gasteiger partial charge < -0.3 is 10.1 Å². The number of hydrogen-bond acceptors (Lipinski definition) is 6. The summed E-state index contributed by atoms with van der Waals surface area (Å²) in [6, 6.07) is 17.7. The van der Waals surface area contributed by atoms with Crippen LogP contribution in [0.4, 0.5) is 11.6 Å². The minimum atomic E-state index is -3.72. The quantitative estimate of drug-likeness (QED) is 0.642. The van der Waals surface area contributed by atoms with Gasteiger partial charge in [-0.05, 0) is 56.2 Å². The second-order valence-electron chi connectivity index (χ2n) is 7.16. The molecule has 4 rings (SSSR count). The molecule has 2 aromatic heterocycles. The molecule has 0 spiro atoms. The van der Waals surface area contributed by atoms with Crippen molar-refractivity contribution < 1.29 is 13.2 Å². The van der Waals surface area contributed by atoms with Gasteiger partial charge in [0, 0.05) is 12.2 Å². The Morgan fingerprint density at radius 3 is 2.50 bits per heavy atom. The maximum atomic E-state index is 13.4. The number of nitrogens with zero attached hydrogens (tertiary/aromatic N) is 3. The van der Waals surface area contributed by atoms with Crippen molar-refractivity contribution in [3.8, 4) is 5.75 Å². The molecule has 0 saturated carbocycles. The van der Waals surface area contributed by atoms with Gasteiger partial charge in [0.1, 0.15) is 22.3 Å². The molecule has 1 N–H and O–H groups in total. The van der Waals surface area contributed by atoms with Gasteiger partial charge in [-0.25, -0.2) is 18.4 Å². The van der Waals surface area contributed by atoms with E-state index >= 15 is 0 Å². The molecule has 30 heavy (non-hydrogen) atoms. The smallest absolute Gasteiger partial charge is 0.247 e. The monoisotopic (exact) mass is 424 g/mol. The van der Waals surface area contributed by atoms with E-state index in [1.807, 2.05) is 43.3 Å². The van der Waals surface area contributed by atoms with Gasteiger partial charge in [0.2, 0.25) is 10.0 Å². The molecule has 0 unspecified atom stereocenters. The maximum absolute atomic E-state index is 13.4. The molecular formula is C22H24N4O3S. The summed E-state index contributed by atoms with van der Waals surface area (Å²) in [6.45, 7) is 2.37. The van der Waals surface area contributed by atoms with E-state index in [0.29, 0.717) is 36.0 Å². The highest BCUT2D eigenvalue weighted by molar-refractivity contribution is 7.89. The Balaban J connectivity index is 1.64. The molecule has 0 amide bonds. The lowest BCUT2D eigenvalue weighted by Gasteiger charge is -2.25. The van der Waals surface area contributed by atoms with Crippen LogP contribution in [0.25, 0.3) is 0 Å². The average molecular weight is 425 g/mol. The number of methoxy groups -OCH3 is 1. The zero-order valence-corrected chi connectivity index (χ0v) is 17.8. The summed E-state index contributed by atoms with van der Waals surface area (Å²) in [5.74, 6) is 1.67. The van der Waals surface area contributed by atoms with E-state index in [1.165, 1.54) is 11.4 Å². The lowest BCUT2D eigenvalue weighted by molar-refractivity contribution is 0.377. The first-order chi connectivity index (χ1) is 14.5. The second kappa shape index (κ2) is 8.41. The highest BCUT2D eigenvalue weighted by Crippen LogP contribution is 2.38. The lowest BCUT2D eigenvalue weighted by Crippen LogP contribution is -2.31. The van der Waals surface area contributed by atoms with Crippen molar-refractivity contribution in [2.75, 3.05) is 19.0 Å². The van der Waals surface area contributed by atoms with Crippen LogP contribution >= 0.6 is 0 Å². The van der Waals surface area contributed by atoms with E-state index in [1.54, 1.807) is 24.3 Å². The number of nitrogens with one attached hydrogen (secondary N) is 1. The summed E-state index contributed by atoms with van der Waals surface area (Å²) < 4.78 is 33.6. The molecule has 8 heteroatoms. The Kier molecular flexibility index (Phi) is 5.69. The Labute approximate surface area is 176 Å². The molecule has 7 nitrogen and oxygen atoms in total. The third-order valence-corrected chi connectivity index (χ3v) is 7.06.